The van der Waals surface area contributed by atoms with Gasteiger partial charge in [0.05, 0.1) is 6.54 Å². The third-order valence-electron chi connectivity index (χ3n) is 2.58. The van der Waals surface area contributed by atoms with Crippen LogP contribution in [0.1, 0.15) is 5.56 Å². The van der Waals surface area contributed by atoms with Crippen molar-refractivity contribution in [3.8, 4) is 11.6 Å². The first kappa shape index (κ1) is 12.4. The summed E-state index contributed by atoms with van der Waals surface area (Å²) < 4.78 is 21.1. The van der Waals surface area contributed by atoms with Crippen molar-refractivity contribution in [3.63, 3.8) is 0 Å². The number of nitrogens with zero attached hydrogens (tertiary/aromatic N) is 3. The molecule has 2 aliphatic rings. The molecular weight excluding hydrogens is 333 g/mol. The Labute approximate surface area is 121 Å². The van der Waals surface area contributed by atoms with E-state index in [1.807, 2.05) is 12.1 Å². The number of rotatable bonds is 2. The van der Waals surface area contributed by atoms with Gasteiger partial charge in [0.15, 0.2) is 11.6 Å². The van der Waals surface area contributed by atoms with E-state index in [0.717, 1.165) is 10.2 Å². The fourth-order valence-corrected chi connectivity index (χ4v) is 2.20. The van der Waals surface area contributed by atoms with E-state index in [1.165, 1.54) is 12.3 Å². The van der Waals surface area contributed by atoms with Crippen LogP contribution in [0.25, 0.3) is 11.6 Å². The first-order valence-electron chi connectivity index (χ1n) is 5.39. The molecule has 0 atom stereocenters. The van der Waals surface area contributed by atoms with Crippen molar-refractivity contribution in [1.82, 2.24) is 14.5 Å². The molecule has 0 spiro atoms. The van der Waals surface area contributed by atoms with Crippen LogP contribution in [0.15, 0.2) is 39.6 Å². The van der Waals surface area contributed by atoms with Gasteiger partial charge in [0.25, 0.3) is 4.84 Å². The first-order chi connectivity index (χ1) is 9.11. The Morgan fingerprint density at radius 3 is 3.00 bits per heavy atom. The normalized spacial score (nSPS) is 11.1. The summed E-state index contributed by atoms with van der Waals surface area (Å²) >= 11 is 8.13. The largest absolute Gasteiger partial charge is 0.426 e. The highest BCUT2D eigenvalue weighted by atomic mass is 79.9. The minimum atomic E-state index is -0.399. The van der Waals surface area contributed by atoms with Crippen molar-refractivity contribution in [1.29, 1.82) is 0 Å². The van der Waals surface area contributed by atoms with Gasteiger partial charge in [-0.15, -0.1) is 0 Å². The van der Waals surface area contributed by atoms with E-state index in [1.54, 1.807) is 10.8 Å². The van der Waals surface area contributed by atoms with Crippen molar-refractivity contribution >= 4 is 28.1 Å². The number of pyridine rings is 2. The van der Waals surface area contributed by atoms with Gasteiger partial charge in [0.2, 0.25) is 0 Å². The summed E-state index contributed by atoms with van der Waals surface area (Å²) in [5, 5.41) is 0. The molecule has 0 N–H and O–H groups in total. The highest BCUT2D eigenvalue weighted by Gasteiger charge is 2.15. The maximum absolute atomic E-state index is 13.5. The number of hydrogen-bond acceptors (Lipinski definition) is 4. The second kappa shape index (κ2) is 4.82. The van der Waals surface area contributed by atoms with Crippen LogP contribution < -0.4 is 0 Å². The lowest BCUT2D eigenvalue weighted by molar-refractivity contribution is 0.540. The van der Waals surface area contributed by atoms with E-state index in [4.69, 9.17) is 16.6 Å². The van der Waals surface area contributed by atoms with Gasteiger partial charge in [-0.1, -0.05) is 6.07 Å². The molecule has 0 radical (unpaired) electrons. The standard InChI is InChI=1S/C12H7BrFN3OS/c13-10-2-1-7(4-15-10)5-17-6-8(14)3-9-11(17)16-12(19)18-9/h1-4,6H,5H2. The SMILES string of the molecule is Fc1cc2oc(=S)nc-2n(Cc2ccc(Br)nc2)c1. The van der Waals surface area contributed by atoms with Gasteiger partial charge >= 0.3 is 0 Å². The zero-order valence-electron chi connectivity index (χ0n) is 9.51. The lowest BCUT2D eigenvalue weighted by Crippen LogP contribution is -2.06. The van der Waals surface area contributed by atoms with Crippen molar-refractivity contribution in [3.05, 3.63) is 51.4 Å². The average molecular weight is 340 g/mol. The Balaban J connectivity index is 2.05. The number of fused-ring (bicyclic) bond motifs is 1. The maximum Gasteiger partial charge on any atom is 0.291 e. The lowest BCUT2D eigenvalue weighted by Gasteiger charge is -2.10. The molecule has 0 unspecified atom stereocenters. The number of halogens is 2. The Bertz CT molecular complexity index is 753. The van der Waals surface area contributed by atoms with Crippen molar-refractivity contribution < 1.29 is 8.81 Å². The molecule has 2 aliphatic heterocycles. The quantitative estimate of drug-likeness (QED) is 0.528. The summed E-state index contributed by atoms with van der Waals surface area (Å²) in [5.41, 5.74) is 0.925. The maximum atomic E-state index is 13.5. The first-order valence-corrected chi connectivity index (χ1v) is 6.59. The van der Waals surface area contributed by atoms with E-state index in [0.29, 0.717) is 18.1 Å². The molecule has 4 nitrogen and oxygen atoms in total. The molecule has 3 heterocycles. The van der Waals surface area contributed by atoms with E-state index in [2.05, 4.69) is 25.9 Å². The molecule has 1 aromatic heterocycles. The Morgan fingerprint density at radius 1 is 1.42 bits per heavy atom. The lowest BCUT2D eigenvalue weighted by atomic mass is 10.2. The van der Waals surface area contributed by atoms with Crippen LogP contribution >= 0.6 is 28.1 Å². The molecule has 3 rings (SSSR count). The topological polar surface area (TPSA) is 43.9 Å². The fourth-order valence-electron chi connectivity index (χ4n) is 1.79. The molecule has 1 aromatic rings. The summed E-state index contributed by atoms with van der Waals surface area (Å²) in [6.45, 7) is 0.440. The van der Waals surface area contributed by atoms with E-state index < -0.39 is 5.82 Å². The van der Waals surface area contributed by atoms with E-state index in [9.17, 15) is 4.39 Å². The minimum absolute atomic E-state index is 0.100. The predicted molar refractivity (Wildman–Crippen MR) is 72.9 cm³/mol. The second-order valence-electron chi connectivity index (χ2n) is 3.94. The highest BCUT2D eigenvalue weighted by molar-refractivity contribution is 9.10. The van der Waals surface area contributed by atoms with E-state index in [-0.39, 0.29) is 4.84 Å². The molecule has 0 amide bonds. The third-order valence-corrected chi connectivity index (χ3v) is 3.22. The molecule has 0 fully saturated rings. The van der Waals surface area contributed by atoms with Crippen LogP contribution in [0.2, 0.25) is 0 Å². The van der Waals surface area contributed by atoms with Gasteiger partial charge in [-0.2, -0.15) is 4.98 Å². The molecule has 7 heteroatoms. The summed E-state index contributed by atoms with van der Waals surface area (Å²) in [7, 11) is 0. The fraction of sp³-hybridized carbons (Fsp3) is 0.0833. The smallest absolute Gasteiger partial charge is 0.291 e. The van der Waals surface area contributed by atoms with Gasteiger partial charge < -0.3 is 8.98 Å². The Kier molecular flexibility index (Phi) is 3.16. The summed E-state index contributed by atoms with van der Waals surface area (Å²) in [6, 6.07) is 5.00. The predicted octanol–water partition coefficient (Wildman–Crippen LogP) is 3.66. The summed E-state index contributed by atoms with van der Waals surface area (Å²) in [5.74, 6) is 0.466. The summed E-state index contributed by atoms with van der Waals surface area (Å²) in [6.07, 6.45) is 3.07. The van der Waals surface area contributed by atoms with Crippen LogP contribution in [-0.2, 0) is 6.54 Å². The molecule has 0 aromatic carbocycles. The van der Waals surface area contributed by atoms with Crippen LogP contribution in [0.3, 0.4) is 0 Å². The molecule has 0 saturated heterocycles. The number of aromatic nitrogens is 3. The van der Waals surface area contributed by atoms with Gasteiger partial charge in [-0.3, -0.25) is 0 Å². The van der Waals surface area contributed by atoms with Gasteiger partial charge in [-0.05, 0) is 39.8 Å². The molecule has 0 bridgehead atoms. The Morgan fingerprint density at radius 2 is 2.26 bits per heavy atom. The third kappa shape index (κ3) is 2.57. The van der Waals surface area contributed by atoms with Crippen molar-refractivity contribution in [2.24, 2.45) is 0 Å². The van der Waals surface area contributed by atoms with E-state index >= 15 is 0 Å². The summed E-state index contributed by atoms with van der Waals surface area (Å²) in [4.78, 5) is 8.31. The monoisotopic (exact) mass is 339 g/mol. The Hall–Kier alpha value is -1.60. The van der Waals surface area contributed by atoms with Gasteiger partial charge in [-0.25, -0.2) is 9.37 Å². The molecule has 0 saturated carbocycles. The molecule has 19 heavy (non-hydrogen) atoms. The van der Waals surface area contributed by atoms with Gasteiger partial charge in [0.1, 0.15) is 10.4 Å². The number of oxazole rings is 1. The number of hydrogen-bond donors (Lipinski definition) is 0. The van der Waals surface area contributed by atoms with Crippen LogP contribution in [-0.4, -0.2) is 14.5 Å². The molecular formula is C12H7BrFN3OS. The zero-order valence-corrected chi connectivity index (χ0v) is 11.9. The van der Waals surface area contributed by atoms with Crippen LogP contribution in [0.4, 0.5) is 4.39 Å². The van der Waals surface area contributed by atoms with Crippen LogP contribution in [0, 0.1) is 10.7 Å². The van der Waals surface area contributed by atoms with Gasteiger partial charge in [0, 0.05) is 18.5 Å². The molecule has 96 valence electrons. The minimum Gasteiger partial charge on any atom is -0.426 e. The van der Waals surface area contributed by atoms with Crippen molar-refractivity contribution in [2.45, 2.75) is 6.54 Å². The van der Waals surface area contributed by atoms with Crippen molar-refractivity contribution in [2.75, 3.05) is 0 Å². The highest BCUT2D eigenvalue weighted by Crippen LogP contribution is 2.23. The molecule has 0 aliphatic carbocycles. The second-order valence-corrected chi connectivity index (χ2v) is 5.10. The zero-order chi connectivity index (χ0) is 13.4. The average Bonchev–Trinajstić information content (AvgIpc) is 2.72. The van der Waals surface area contributed by atoms with Crippen LogP contribution in [0.5, 0.6) is 0 Å².